The van der Waals surface area contributed by atoms with Gasteiger partial charge in [-0.2, -0.15) is 4.98 Å². The minimum Gasteiger partial charge on any atom is -0.491 e. The molecule has 1 atom stereocenters. The first kappa shape index (κ1) is 26.2. The lowest BCUT2D eigenvalue weighted by atomic mass is 10.1. The van der Waals surface area contributed by atoms with E-state index in [2.05, 4.69) is 32.0 Å². The predicted octanol–water partition coefficient (Wildman–Crippen LogP) is 1.53. The third-order valence-electron chi connectivity index (χ3n) is 7.46. The summed E-state index contributed by atoms with van der Waals surface area (Å²) < 4.78 is 19.6. The van der Waals surface area contributed by atoms with Crippen molar-refractivity contribution in [3.63, 3.8) is 0 Å². The number of hydrogen-bond acceptors (Lipinski definition) is 10. The molecule has 2 aliphatic rings. The quantitative estimate of drug-likeness (QED) is 0.223. The van der Waals surface area contributed by atoms with Gasteiger partial charge in [0.25, 0.3) is 0 Å². The number of piperazine rings is 1. The van der Waals surface area contributed by atoms with Gasteiger partial charge in [-0.3, -0.25) is 19.5 Å². The maximum Gasteiger partial charge on any atom is 0.343 e. The van der Waals surface area contributed by atoms with Gasteiger partial charge in [-0.05, 0) is 56.3 Å². The van der Waals surface area contributed by atoms with Crippen LogP contribution in [0.3, 0.4) is 0 Å². The van der Waals surface area contributed by atoms with Crippen molar-refractivity contribution in [3.8, 4) is 5.75 Å². The van der Waals surface area contributed by atoms with Crippen LogP contribution in [0.2, 0.25) is 0 Å². The Bertz CT molecular complexity index is 1510. The molecule has 13 nitrogen and oxygen atoms in total. The van der Waals surface area contributed by atoms with E-state index in [4.69, 9.17) is 24.7 Å². The number of fused-ring (bicyclic) bond motifs is 3. The van der Waals surface area contributed by atoms with E-state index in [1.54, 1.807) is 28.5 Å². The number of aliphatic imine (C=N–C) groups is 1. The average molecular weight is 550 g/mol. The summed E-state index contributed by atoms with van der Waals surface area (Å²) in [5.41, 5.74) is 2.21. The van der Waals surface area contributed by atoms with Crippen LogP contribution in [0.5, 0.6) is 5.75 Å². The highest BCUT2D eigenvalue weighted by molar-refractivity contribution is 6.14. The molecular weight excluding hydrogens is 514 g/mol. The molecule has 2 aliphatic heterocycles. The summed E-state index contributed by atoms with van der Waals surface area (Å²) in [4.78, 5) is 27.2. The van der Waals surface area contributed by atoms with Crippen LogP contribution in [-0.4, -0.2) is 89.0 Å². The first-order valence-electron chi connectivity index (χ1n) is 13.6. The zero-order valence-electron chi connectivity index (χ0n) is 22.8. The second kappa shape index (κ2) is 11.2. The smallest absolute Gasteiger partial charge is 0.343 e. The molecule has 212 valence electrons. The number of nitrogens with one attached hydrogen (secondary N) is 1. The van der Waals surface area contributed by atoms with Crippen LogP contribution in [0.15, 0.2) is 56.9 Å². The van der Waals surface area contributed by atoms with Crippen LogP contribution in [0.1, 0.15) is 24.8 Å². The lowest BCUT2D eigenvalue weighted by Gasteiger charge is -2.36. The van der Waals surface area contributed by atoms with Crippen LogP contribution in [-0.2, 0) is 11.3 Å². The molecule has 5 heterocycles. The number of aryl methyl sites for hydroxylation is 1. The van der Waals surface area contributed by atoms with Crippen molar-refractivity contribution in [2.75, 3.05) is 63.0 Å². The van der Waals surface area contributed by atoms with E-state index in [0.29, 0.717) is 48.5 Å². The van der Waals surface area contributed by atoms with Gasteiger partial charge in [0, 0.05) is 45.5 Å². The molecule has 0 aliphatic carbocycles. The molecule has 0 saturated carbocycles. The summed E-state index contributed by atoms with van der Waals surface area (Å²) in [6.07, 6.45) is 2.10. The molecule has 3 N–H and O–H groups in total. The summed E-state index contributed by atoms with van der Waals surface area (Å²) in [5, 5.41) is 4.43. The standard InChI is InChI=1S/C27H35N9O4/c1-19-29-23(22-5-3-16-40-22)24-25(35(19)28)30-26-34(27(37)31-36(24)26)11-4-10-32-12-14-33(15-13-32)20-6-8-21(9-7-20)39-18-17-38-2/h3,5-9,16,19H,4,10-15,17-18,28H2,1-2H3,(H,31,37). The topological polar surface area (TPSA) is 135 Å². The van der Waals surface area contributed by atoms with Crippen molar-refractivity contribution < 1.29 is 13.9 Å². The number of ether oxygens (including phenoxy) is 2. The number of aromatic amines is 1. The minimum atomic E-state index is -0.321. The molecule has 1 saturated heterocycles. The number of methoxy groups -OCH3 is 1. The van der Waals surface area contributed by atoms with Crippen molar-refractivity contribution in [2.24, 2.45) is 10.8 Å². The van der Waals surface area contributed by atoms with Crippen LogP contribution in [0.25, 0.3) is 5.78 Å². The van der Waals surface area contributed by atoms with E-state index in [0.717, 1.165) is 44.9 Å². The predicted molar refractivity (Wildman–Crippen MR) is 151 cm³/mol. The second-order valence-corrected chi connectivity index (χ2v) is 10.00. The van der Waals surface area contributed by atoms with Gasteiger partial charge < -0.3 is 18.8 Å². The molecule has 0 radical (unpaired) electrons. The number of nitrogens with two attached hydrogens (primary N) is 1. The Morgan fingerprint density at radius 3 is 2.62 bits per heavy atom. The van der Waals surface area contributed by atoms with Crippen molar-refractivity contribution in [2.45, 2.75) is 26.1 Å². The van der Waals surface area contributed by atoms with Gasteiger partial charge >= 0.3 is 5.69 Å². The highest BCUT2D eigenvalue weighted by Gasteiger charge is 2.32. The minimum absolute atomic E-state index is 0.217. The van der Waals surface area contributed by atoms with E-state index in [-0.39, 0.29) is 11.9 Å². The van der Waals surface area contributed by atoms with E-state index in [1.165, 1.54) is 10.7 Å². The fourth-order valence-corrected chi connectivity index (χ4v) is 5.28. The van der Waals surface area contributed by atoms with Gasteiger partial charge in [0.05, 0.1) is 12.9 Å². The van der Waals surface area contributed by atoms with Crippen molar-refractivity contribution in [1.29, 1.82) is 0 Å². The molecule has 0 spiro atoms. The Labute approximate surface area is 231 Å². The monoisotopic (exact) mass is 549 g/mol. The number of H-pyrrole nitrogens is 1. The molecule has 3 aromatic heterocycles. The maximum atomic E-state index is 12.9. The van der Waals surface area contributed by atoms with Gasteiger partial charge in [0.1, 0.15) is 29.9 Å². The molecule has 0 bridgehead atoms. The molecule has 1 fully saturated rings. The van der Waals surface area contributed by atoms with Crippen LogP contribution in [0.4, 0.5) is 11.5 Å². The van der Waals surface area contributed by atoms with Gasteiger partial charge in [0.2, 0.25) is 5.78 Å². The van der Waals surface area contributed by atoms with E-state index < -0.39 is 0 Å². The SMILES string of the molecule is COCCOc1ccc(N2CCN(CCCn3c(=O)[nH]n4c5c(nc34)N(N)C(C)N=C5c3ccco3)CC2)cc1. The summed E-state index contributed by atoms with van der Waals surface area (Å²) in [7, 11) is 1.67. The second-order valence-electron chi connectivity index (χ2n) is 10.00. The van der Waals surface area contributed by atoms with Crippen molar-refractivity contribution >= 4 is 23.0 Å². The Morgan fingerprint density at radius 2 is 1.90 bits per heavy atom. The molecule has 0 amide bonds. The number of aromatic nitrogens is 4. The fraction of sp³-hybridized carbons (Fsp3) is 0.444. The number of hydrogen-bond donors (Lipinski definition) is 2. The van der Waals surface area contributed by atoms with Crippen molar-refractivity contribution in [3.05, 3.63) is 64.6 Å². The Kier molecular flexibility index (Phi) is 7.32. The number of furan rings is 1. The molecule has 1 aromatic carbocycles. The number of anilines is 2. The molecule has 40 heavy (non-hydrogen) atoms. The van der Waals surface area contributed by atoms with E-state index >= 15 is 0 Å². The van der Waals surface area contributed by atoms with Crippen LogP contribution in [0, 0.1) is 0 Å². The van der Waals surface area contributed by atoms with Crippen LogP contribution < -0.4 is 26.2 Å². The Hall–Kier alpha value is -4.07. The van der Waals surface area contributed by atoms with Crippen molar-refractivity contribution in [1.82, 2.24) is 24.1 Å². The number of hydrazine groups is 1. The largest absolute Gasteiger partial charge is 0.491 e. The van der Waals surface area contributed by atoms with Gasteiger partial charge in [-0.25, -0.2) is 20.3 Å². The van der Waals surface area contributed by atoms with Gasteiger partial charge in [-0.15, -0.1) is 0 Å². The third-order valence-corrected chi connectivity index (χ3v) is 7.46. The first-order chi connectivity index (χ1) is 19.5. The number of benzene rings is 1. The normalized spacial score (nSPS) is 17.9. The third kappa shape index (κ3) is 4.98. The van der Waals surface area contributed by atoms with Gasteiger partial charge in [-0.1, -0.05) is 0 Å². The van der Waals surface area contributed by atoms with Crippen LogP contribution >= 0.6 is 0 Å². The summed E-state index contributed by atoms with van der Waals surface area (Å²) in [5.74, 6) is 8.82. The zero-order valence-corrected chi connectivity index (χ0v) is 22.8. The maximum absolute atomic E-state index is 12.9. The lowest BCUT2D eigenvalue weighted by Crippen LogP contribution is -2.46. The number of nitrogens with zero attached hydrogens (tertiary/aromatic N) is 7. The highest BCUT2D eigenvalue weighted by atomic mass is 16.5. The molecule has 1 unspecified atom stereocenters. The highest BCUT2D eigenvalue weighted by Crippen LogP contribution is 2.29. The first-order valence-corrected chi connectivity index (χ1v) is 13.6. The summed E-state index contributed by atoms with van der Waals surface area (Å²) in [6.45, 7) is 8.26. The summed E-state index contributed by atoms with van der Waals surface area (Å²) >= 11 is 0. The van der Waals surface area contributed by atoms with E-state index in [9.17, 15) is 4.79 Å². The number of imidazole rings is 1. The Morgan fingerprint density at radius 1 is 1.10 bits per heavy atom. The summed E-state index contributed by atoms with van der Waals surface area (Å²) in [6, 6.07) is 11.9. The molecule has 4 aromatic rings. The lowest BCUT2D eigenvalue weighted by molar-refractivity contribution is 0.146. The van der Waals surface area contributed by atoms with E-state index in [1.807, 2.05) is 25.1 Å². The zero-order chi connectivity index (χ0) is 27.6. The average Bonchev–Trinajstić information content (AvgIpc) is 3.70. The molecule has 13 heteroatoms. The fourth-order valence-electron chi connectivity index (χ4n) is 5.28. The molecule has 6 rings (SSSR count). The molecular formula is C27H35N9O4. The Balaban J connectivity index is 1.07. The number of rotatable bonds is 10. The van der Waals surface area contributed by atoms with Gasteiger partial charge in [0.15, 0.2) is 11.6 Å².